The van der Waals surface area contributed by atoms with Crippen LogP contribution in [0, 0.1) is 0 Å². The number of hydrogen-bond acceptors (Lipinski definition) is 4. The van der Waals surface area contributed by atoms with Gasteiger partial charge in [0.25, 0.3) is 5.91 Å². The lowest BCUT2D eigenvalue weighted by Gasteiger charge is -2.14. The van der Waals surface area contributed by atoms with E-state index in [0.29, 0.717) is 12.1 Å². The van der Waals surface area contributed by atoms with Gasteiger partial charge in [-0.1, -0.05) is 6.07 Å². The maximum atomic E-state index is 11.9. The molecule has 1 aromatic rings. The van der Waals surface area contributed by atoms with Gasteiger partial charge in [0.15, 0.2) is 6.29 Å². The lowest BCUT2D eigenvalue weighted by Crippen LogP contribution is -2.34. The summed E-state index contributed by atoms with van der Waals surface area (Å²) < 4.78 is 10.0. The van der Waals surface area contributed by atoms with E-state index in [0.717, 1.165) is 13.1 Å². The van der Waals surface area contributed by atoms with E-state index in [9.17, 15) is 4.79 Å². The molecule has 2 rings (SSSR count). The van der Waals surface area contributed by atoms with Gasteiger partial charge in [-0.25, -0.2) is 0 Å². The first-order valence-corrected chi connectivity index (χ1v) is 5.91. The summed E-state index contributed by atoms with van der Waals surface area (Å²) in [6, 6.07) is 5.77. The summed E-state index contributed by atoms with van der Waals surface area (Å²) in [5, 5.41) is 6.03. The van der Waals surface area contributed by atoms with Crippen molar-refractivity contribution in [3.05, 3.63) is 34.9 Å². The molecule has 0 aromatic heterocycles. The minimum atomic E-state index is -0.412. The molecule has 5 heteroatoms. The number of nitrogens with one attached hydrogen (secondary N) is 2. The molecule has 98 valence electrons. The average molecular weight is 250 g/mol. The van der Waals surface area contributed by atoms with Crippen LogP contribution in [0.5, 0.6) is 0 Å². The summed E-state index contributed by atoms with van der Waals surface area (Å²) in [6.45, 7) is 2.04. The van der Waals surface area contributed by atoms with Gasteiger partial charge in [-0.3, -0.25) is 4.79 Å². The molecule has 18 heavy (non-hydrogen) atoms. The molecule has 1 aromatic carbocycles. The van der Waals surface area contributed by atoms with E-state index in [4.69, 9.17) is 9.47 Å². The van der Waals surface area contributed by atoms with Crippen molar-refractivity contribution in [2.75, 3.05) is 20.8 Å². The van der Waals surface area contributed by atoms with Crippen LogP contribution in [0.4, 0.5) is 0 Å². The van der Waals surface area contributed by atoms with Crippen LogP contribution in [0.25, 0.3) is 0 Å². The predicted molar refractivity (Wildman–Crippen MR) is 67.1 cm³/mol. The second-order valence-electron chi connectivity index (χ2n) is 4.20. The summed E-state index contributed by atoms with van der Waals surface area (Å²) >= 11 is 0. The fraction of sp³-hybridized carbons (Fsp3) is 0.462. The Bertz CT molecular complexity index is 430. The maximum Gasteiger partial charge on any atom is 0.251 e. The van der Waals surface area contributed by atoms with Crippen molar-refractivity contribution in [1.29, 1.82) is 0 Å². The Morgan fingerprint density at radius 3 is 2.78 bits per heavy atom. The molecule has 0 unspecified atom stereocenters. The highest BCUT2D eigenvalue weighted by Gasteiger charge is 2.14. The quantitative estimate of drug-likeness (QED) is 0.753. The minimum Gasteiger partial charge on any atom is -0.354 e. The largest absolute Gasteiger partial charge is 0.354 e. The smallest absolute Gasteiger partial charge is 0.251 e. The van der Waals surface area contributed by atoms with E-state index in [1.807, 2.05) is 18.2 Å². The molecular weight excluding hydrogens is 232 g/mol. The van der Waals surface area contributed by atoms with Crippen LogP contribution in [-0.2, 0) is 22.6 Å². The number of rotatable bonds is 5. The molecule has 1 amide bonds. The number of carbonyl (C=O) groups is 1. The standard InChI is InChI=1S/C13H18N2O3/c1-17-12(18-2)8-15-13(16)9-3-4-10-6-14-7-11(10)5-9/h3-5,12,14H,6-8H2,1-2H3,(H,15,16). The number of benzene rings is 1. The van der Waals surface area contributed by atoms with E-state index in [-0.39, 0.29) is 5.91 Å². The third kappa shape index (κ3) is 2.87. The second-order valence-corrected chi connectivity index (χ2v) is 4.20. The van der Waals surface area contributed by atoms with Crippen molar-refractivity contribution in [2.24, 2.45) is 0 Å². The van der Waals surface area contributed by atoms with Gasteiger partial charge in [0, 0.05) is 32.9 Å². The number of amides is 1. The van der Waals surface area contributed by atoms with Crippen molar-refractivity contribution in [1.82, 2.24) is 10.6 Å². The Balaban J connectivity index is 1.97. The van der Waals surface area contributed by atoms with E-state index in [1.165, 1.54) is 11.1 Å². The molecule has 0 fully saturated rings. The Kier molecular flexibility index (Phi) is 4.30. The van der Waals surface area contributed by atoms with Gasteiger partial charge in [0.2, 0.25) is 0 Å². The highest BCUT2D eigenvalue weighted by molar-refractivity contribution is 5.94. The van der Waals surface area contributed by atoms with Crippen LogP contribution in [0.2, 0.25) is 0 Å². The fourth-order valence-electron chi connectivity index (χ4n) is 1.98. The van der Waals surface area contributed by atoms with Crippen LogP contribution in [0.15, 0.2) is 18.2 Å². The number of carbonyl (C=O) groups excluding carboxylic acids is 1. The summed E-state index contributed by atoms with van der Waals surface area (Å²) in [6.07, 6.45) is -0.412. The normalized spacial score (nSPS) is 13.7. The second kappa shape index (κ2) is 5.95. The SMILES string of the molecule is COC(CNC(=O)c1ccc2c(c1)CNC2)OC. The molecule has 2 N–H and O–H groups in total. The van der Waals surface area contributed by atoms with E-state index in [1.54, 1.807) is 14.2 Å². The fourth-order valence-corrected chi connectivity index (χ4v) is 1.98. The molecule has 0 saturated heterocycles. The topological polar surface area (TPSA) is 59.6 Å². The Morgan fingerprint density at radius 2 is 2.06 bits per heavy atom. The lowest BCUT2D eigenvalue weighted by atomic mass is 10.1. The van der Waals surface area contributed by atoms with Crippen molar-refractivity contribution < 1.29 is 14.3 Å². The van der Waals surface area contributed by atoms with Gasteiger partial charge in [0.05, 0.1) is 6.54 Å². The van der Waals surface area contributed by atoms with Crippen LogP contribution < -0.4 is 10.6 Å². The number of ether oxygens (including phenoxy) is 2. The molecule has 0 aliphatic carbocycles. The zero-order valence-corrected chi connectivity index (χ0v) is 10.7. The molecule has 0 spiro atoms. The summed E-state index contributed by atoms with van der Waals surface area (Å²) in [5.41, 5.74) is 3.12. The van der Waals surface area contributed by atoms with Gasteiger partial charge >= 0.3 is 0 Å². The van der Waals surface area contributed by atoms with Crippen LogP contribution in [-0.4, -0.2) is 33.0 Å². The van der Waals surface area contributed by atoms with Gasteiger partial charge in [-0.2, -0.15) is 0 Å². The Hall–Kier alpha value is -1.43. The zero-order chi connectivity index (χ0) is 13.0. The molecule has 1 aliphatic rings. The van der Waals surface area contributed by atoms with Gasteiger partial charge in [-0.15, -0.1) is 0 Å². The number of fused-ring (bicyclic) bond motifs is 1. The van der Waals surface area contributed by atoms with E-state index < -0.39 is 6.29 Å². The van der Waals surface area contributed by atoms with E-state index in [2.05, 4.69) is 10.6 Å². The third-order valence-electron chi connectivity index (χ3n) is 3.05. The zero-order valence-electron chi connectivity index (χ0n) is 10.7. The molecule has 0 atom stereocenters. The molecule has 1 aliphatic heterocycles. The summed E-state index contributed by atoms with van der Waals surface area (Å²) in [7, 11) is 3.09. The molecule has 0 radical (unpaired) electrons. The third-order valence-corrected chi connectivity index (χ3v) is 3.05. The Morgan fingerprint density at radius 1 is 1.33 bits per heavy atom. The van der Waals surface area contributed by atoms with E-state index >= 15 is 0 Å². The Labute approximate surface area is 106 Å². The predicted octanol–water partition coefficient (Wildman–Crippen LogP) is 0.638. The maximum absolute atomic E-state index is 11.9. The minimum absolute atomic E-state index is 0.108. The van der Waals surface area contributed by atoms with Crippen molar-refractivity contribution in [3.63, 3.8) is 0 Å². The van der Waals surface area contributed by atoms with Crippen LogP contribution >= 0.6 is 0 Å². The van der Waals surface area contributed by atoms with Crippen LogP contribution in [0.3, 0.4) is 0 Å². The lowest BCUT2D eigenvalue weighted by molar-refractivity contribution is -0.0974. The average Bonchev–Trinajstić information content (AvgIpc) is 2.86. The van der Waals surface area contributed by atoms with Crippen LogP contribution in [0.1, 0.15) is 21.5 Å². The number of methoxy groups -OCH3 is 2. The molecule has 0 bridgehead atoms. The molecule has 5 nitrogen and oxygen atoms in total. The first-order valence-electron chi connectivity index (χ1n) is 5.91. The molecule has 1 heterocycles. The van der Waals surface area contributed by atoms with Gasteiger partial charge < -0.3 is 20.1 Å². The first-order chi connectivity index (χ1) is 8.74. The monoisotopic (exact) mass is 250 g/mol. The van der Waals surface area contributed by atoms with Crippen molar-refractivity contribution in [3.8, 4) is 0 Å². The first kappa shape index (κ1) is 13.0. The van der Waals surface area contributed by atoms with Crippen molar-refractivity contribution >= 4 is 5.91 Å². The summed E-state index contributed by atoms with van der Waals surface area (Å²) in [4.78, 5) is 11.9. The molecule has 0 saturated carbocycles. The van der Waals surface area contributed by atoms with Gasteiger partial charge in [-0.05, 0) is 23.3 Å². The molecular formula is C13H18N2O3. The van der Waals surface area contributed by atoms with Crippen molar-refractivity contribution in [2.45, 2.75) is 19.4 Å². The highest BCUT2D eigenvalue weighted by Crippen LogP contribution is 2.16. The van der Waals surface area contributed by atoms with Gasteiger partial charge in [0.1, 0.15) is 0 Å². The summed E-state index contributed by atoms with van der Waals surface area (Å²) in [5.74, 6) is -0.108. The highest BCUT2D eigenvalue weighted by atomic mass is 16.7. The number of hydrogen-bond donors (Lipinski definition) is 2.